The van der Waals surface area contributed by atoms with E-state index in [1.807, 2.05) is 36.9 Å². The Morgan fingerprint density at radius 2 is 1.73 bits per heavy atom. The third-order valence-corrected chi connectivity index (χ3v) is 6.73. The molecule has 1 amide bonds. The third kappa shape index (κ3) is 4.04. The Morgan fingerprint density at radius 1 is 1.03 bits per heavy atom. The molecule has 3 aliphatic rings. The van der Waals surface area contributed by atoms with Crippen molar-refractivity contribution in [1.82, 2.24) is 9.80 Å². The van der Waals surface area contributed by atoms with Gasteiger partial charge in [0.25, 0.3) is 5.91 Å². The van der Waals surface area contributed by atoms with Crippen LogP contribution in [-0.2, 0) is 0 Å². The van der Waals surface area contributed by atoms with Crippen LogP contribution in [0.4, 0.5) is 11.4 Å². The molecule has 0 radical (unpaired) electrons. The van der Waals surface area contributed by atoms with Crippen LogP contribution in [0.2, 0.25) is 0 Å². The maximum atomic E-state index is 12.7. The zero-order valence-electron chi connectivity index (χ0n) is 18.4. The first kappa shape index (κ1) is 20.7. The monoisotopic (exact) mass is 407 g/mol. The second-order valence-corrected chi connectivity index (χ2v) is 8.30. The average molecular weight is 408 g/mol. The summed E-state index contributed by atoms with van der Waals surface area (Å²) in [6, 6.07) is 16.9. The highest BCUT2D eigenvalue weighted by molar-refractivity contribution is 5.94. The van der Waals surface area contributed by atoms with Crippen LogP contribution < -0.4 is 9.64 Å². The van der Waals surface area contributed by atoms with E-state index >= 15 is 0 Å². The Balaban J connectivity index is 1.68. The normalized spacial score (nSPS) is 22.6. The number of anilines is 2. The Hall–Kier alpha value is -2.53. The van der Waals surface area contributed by atoms with Crippen LogP contribution >= 0.6 is 0 Å². The molecular weight excluding hydrogens is 374 g/mol. The van der Waals surface area contributed by atoms with Gasteiger partial charge in [-0.05, 0) is 82.1 Å². The zero-order valence-corrected chi connectivity index (χ0v) is 18.4. The number of nitrogens with zero attached hydrogens (tertiary/aromatic N) is 3. The van der Waals surface area contributed by atoms with E-state index in [9.17, 15) is 4.79 Å². The number of fused-ring (bicyclic) bond motifs is 3. The number of ether oxygens (including phenoxy) is 1. The van der Waals surface area contributed by atoms with Gasteiger partial charge in [0.2, 0.25) is 0 Å². The minimum atomic E-state index is 0.0994. The lowest BCUT2D eigenvalue weighted by Crippen LogP contribution is -2.56. The quantitative estimate of drug-likeness (QED) is 0.681. The summed E-state index contributed by atoms with van der Waals surface area (Å²) >= 11 is 0. The van der Waals surface area contributed by atoms with E-state index in [0.717, 1.165) is 42.3 Å². The third-order valence-electron chi connectivity index (χ3n) is 6.73. The van der Waals surface area contributed by atoms with Gasteiger partial charge in [0.05, 0.1) is 7.11 Å². The second-order valence-electron chi connectivity index (χ2n) is 8.30. The first-order chi connectivity index (χ1) is 14.6. The highest BCUT2D eigenvalue weighted by Gasteiger charge is 2.38. The molecule has 0 saturated carbocycles. The minimum absolute atomic E-state index is 0.0994. The van der Waals surface area contributed by atoms with Crippen LogP contribution in [0.1, 0.15) is 37.0 Å². The number of hydrogen-bond acceptors (Lipinski definition) is 4. The van der Waals surface area contributed by atoms with Gasteiger partial charge >= 0.3 is 0 Å². The van der Waals surface area contributed by atoms with Crippen LogP contribution in [0.3, 0.4) is 0 Å². The topological polar surface area (TPSA) is 36.0 Å². The van der Waals surface area contributed by atoms with Crippen molar-refractivity contribution in [2.24, 2.45) is 5.92 Å². The van der Waals surface area contributed by atoms with E-state index in [0.29, 0.717) is 12.0 Å². The van der Waals surface area contributed by atoms with Gasteiger partial charge < -0.3 is 19.4 Å². The number of carbonyl (C=O) groups is 1. The molecule has 5 nitrogen and oxygen atoms in total. The summed E-state index contributed by atoms with van der Waals surface area (Å²) in [5.41, 5.74) is 3.04. The average Bonchev–Trinajstić information content (AvgIpc) is 2.81. The molecule has 0 N–H and O–H groups in total. The summed E-state index contributed by atoms with van der Waals surface area (Å²) in [5, 5.41) is 0. The predicted octanol–water partition coefficient (Wildman–Crippen LogP) is 4.41. The number of methoxy groups -OCH3 is 1. The summed E-state index contributed by atoms with van der Waals surface area (Å²) in [6.45, 7) is 9.01. The highest BCUT2D eigenvalue weighted by Crippen LogP contribution is 2.39. The van der Waals surface area contributed by atoms with Crippen molar-refractivity contribution in [2.75, 3.05) is 44.7 Å². The number of benzene rings is 2. The van der Waals surface area contributed by atoms with E-state index in [2.05, 4.69) is 40.1 Å². The van der Waals surface area contributed by atoms with Gasteiger partial charge in [-0.1, -0.05) is 6.07 Å². The fraction of sp³-hybridized carbons (Fsp3) is 0.480. The van der Waals surface area contributed by atoms with E-state index in [4.69, 9.17) is 4.74 Å². The first-order valence-corrected chi connectivity index (χ1v) is 11.2. The molecule has 3 heterocycles. The summed E-state index contributed by atoms with van der Waals surface area (Å²) < 4.78 is 5.50. The van der Waals surface area contributed by atoms with Gasteiger partial charge in [-0.2, -0.15) is 0 Å². The Morgan fingerprint density at radius 3 is 2.30 bits per heavy atom. The predicted molar refractivity (Wildman–Crippen MR) is 122 cm³/mol. The molecule has 1 atom stereocenters. The summed E-state index contributed by atoms with van der Waals surface area (Å²) in [4.78, 5) is 19.6. The van der Waals surface area contributed by atoms with Crippen LogP contribution in [0.5, 0.6) is 5.75 Å². The maximum Gasteiger partial charge on any atom is 0.253 e. The van der Waals surface area contributed by atoms with Crippen molar-refractivity contribution in [1.29, 1.82) is 0 Å². The molecule has 3 saturated heterocycles. The number of carbonyl (C=O) groups excluding carboxylic acids is 1. The van der Waals surface area contributed by atoms with Crippen molar-refractivity contribution >= 4 is 17.3 Å². The number of rotatable bonds is 7. The summed E-state index contributed by atoms with van der Waals surface area (Å²) in [5.74, 6) is 1.66. The molecule has 5 heteroatoms. The molecule has 2 bridgehead atoms. The summed E-state index contributed by atoms with van der Waals surface area (Å²) in [6.07, 6.45) is 2.51. The first-order valence-electron chi connectivity index (χ1n) is 11.2. The highest BCUT2D eigenvalue weighted by atomic mass is 16.5. The molecule has 2 aromatic rings. The lowest BCUT2D eigenvalue weighted by atomic mass is 9.82. The standard InChI is InChI=1S/C25H33N3O2/c1-4-27(5-2)25(29)20-9-11-21(12-10-20)28(22-7-6-8-23(17-22)30-3)24-18-26-15-13-19(24)14-16-26/h6-12,17,19,24H,4-5,13-16,18H2,1-3H3. The fourth-order valence-corrected chi connectivity index (χ4v) is 4.98. The lowest BCUT2D eigenvalue weighted by molar-refractivity contribution is 0.0773. The Labute approximate surface area is 180 Å². The molecule has 0 spiro atoms. The van der Waals surface area contributed by atoms with Gasteiger partial charge in [-0.3, -0.25) is 4.79 Å². The molecule has 3 fully saturated rings. The smallest absolute Gasteiger partial charge is 0.253 e. The lowest BCUT2D eigenvalue weighted by Gasteiger charge is -2.49. The van der Waals surface area contributed by atoms with Crippen LogP contribution in [0, 0.1) is 5.92 Å². The maximum absolute atomic E-state index is 12.7. The number of hydrogen-bond donors (Lipinski definition) is 0. The fourth-order valence-electron chi connectivity index (χ4n) is 4.98. The van der Waals surface area contributed by atoms with Crippen molar-refractivity contribution < 1.29 is 9.53 Å². The van der Waals surface area contributed by atoms with Crippen molar-refractivity contribution in [2.45, 2.75) is 32.7 Å². The second kappa shape index (κ2) is 9.09. The molecule has 3 aliphatic heterocycles. The van der Waals surface area contributed by atoms with E-state index < -0.39 is 0 Å². The van der Waals surface area contributed by atoms with E-state index in [1.165, 1.54) is 25.9 Å². The molecule has 0 aromatic heterocycles. The van der Waals surface area contributed by atoms with Gasteiger partial charge in [0, 0.05) is 48.7 Å². The Kier molecular flexibility index (Phi) is 6.28. The van der Waals surface area contributed by atoms with Gasteiger partial charge in [0.15, 0.2) is 0 Å². The van der Waals surface area contributed by atoms with E-state index in [-0.39, 0.29) is 5.91 Å². The molecule has 2 aromatic carbocycles. The number of piperidine rings is 3. The molecule has 0 aliphatic carbocycles. The van der Waals surface area contributed by atoms with Crippen LogP contribution in [0.15, 0.2) is 48.5 Å². The van der Waals surface area contributed by atoms with Gasteiger partial charge in [-0.25, -0.2) is 0 Å². The van der Waals surface area contributed by atoms with E-state index in [1.54, 1.807) is 7.11 Å². The SMILES string of the molecule is CCN(CC)C(=O)c1ccc(N(c2cccc(OC)c2)C2CN3CCC2CC3)cc1. The number of amides is 1. The largest absolute Gasteiger partial charge is 0.497 e. The molecule has 1 unspecified atom stereocenters. The van der Waals surface area contributed by atoms with Gasteiger partial charge in [0.1, 0.15) is 5.75 Å². The van der Waals surface area contributed by atoms with Crippen LogP contribution in [0.25, 0.3) is 0 Å². The van der Waals surface area contributed by atoms with Gasteiger partial charge in [-0.15, -0.1) is 0 Å². The van der Waals surface area contributed by atoms with Crippen LogP contribution in [-0.4, -0.2) is 61.6 Å². The van der Waals surface area contributed by atoms with Crippen molar-refractivity contribution in [3.8, 4) is 5.75 Å². The minimum Gasteiger partial charge on any atom is -0.497 e. The summed E-state index contributed by atoms with van der Waals surface area (Å²) in [7, 11) is 1.71. The molecule has 160 valence electrons. The van der Waals surface area contributed by atoms with Crippen molar-refractivity contribution in [3.63, 3.8) is 0 Å². The molecule has 5 rings (SSSR count). The molecular formula is C25H33N3O2. The van der Waals surface area contributed by atoms with Crippen molar-refractivity contribution in [3.05, 3.63) is 54.1 Å². The Bertz CT molecular complexity index is 855. The zero-order chi connectivity index (χ0) is 21.1. The molecule has 30 heavy (non-hydrogen) atoms.